The van der Waals surface area contributed by atoms with Crippen molar-refractivity contribution >= 4 is 75.9 Å². The van der Waals surface area contributed by atoms with E-state index in [2.05, 4.69) is 39.7 Å². The number of carbonyl (C=O) groups is 4. The Morgan fingerprint density at radius 2 is 1.65 bits per heavy atom. The lowest BCUT2D eigenvalue weighted by Gasteiger charge is -2.30. The van der Waals surface area contributed by atoms with E-state index in [0.717, 1.165) is 17.2 Å². The molecule has 14 N–H and O–H groups in total. The van der Waals surface area contributed by atoms with Crippen molar-refractivity contribution in [2.24, 2.45) is 11.1 Å². The van der Waals surface area contributed by atoms with Crippen molar-refractivity contribution in [1.82, 2.24) is 35.5 Å². The Morgan fingerprint density at radius 3 is 2.31 bits per heavy atom. The minimum atomic E-state index is -5.59. The summed E-state index contributed by atoms with van der Waals surface area (Å²) in [5.74, 6) is -2.43. The monoisotopic (exact) mass is 967 g/mol. The van der Waals surface area contributed by atoms with Crippen LogP contribution in [0.15, 0.2) is 12.7 Å². The van der Waals surface area contributed by atoms with E-state index in [1.165, 1.54) is 25.6 Å². The first-order chi connectivity index (χ1) is 28.7. The van der Waals surface area contributed by atoms with Gasteiger partial charge in [0.25, 0.3) is 0 Å². The fourth-order valence-corrected chi connectivity index (χ4v) is 9.05. The van der Waals surface area contributed by atoms with Gasteiger partial charge in [-0.3, -0.25) is 37.3 Å². The molecule has 2 aromatic rings. The maximum atomic E-state index is 12.7. The van der Waals surface area contributed by atoms with Crippen LogP contribution in [0.5, 0.6) is 0 Å². The molecule has 0 aromatic carbocycles. The van der Waals surface area contributed by atoms with Crippen molar-refractivity contribution in [2.75, 3.05) is 44.3 Å². The van der Waals surface area contributed by atoms with Gasteiger partial charge in [0.15, 0.2) is 17.7 Å². The third kappa shape index (κ3) is 16.7. The zero-order valence-electron chi connectivity index (χ0n) is 33.5. The molecule has 3 amide bonds. The fourth-order valence-electron chi connectivity index (χ4n) is 5.41. The number of nitrogens with zero attached hydrogens (tertiary/aromatic N) is 4. The molecule has 1 aliphatic heterocycles. The third-order valence-corrected chi connectivity index (χ3v) is 13.1. The average Bonchev–Trinajstić information content (AvgIpc) is 3.73. The number of fused-ring (bicyclic) bond motifs is 1. The van der Waals surface area contributed by atoms with Gasteiger partial charge in [0.05, 0.1) is 24.8 Å². The van der Waals surface area contributed by atoms with Crippen LogP contribution in [0.4, 0.5) is 5.82 Å². The average molecular weight is 968 g/mol. The number of hydrogen-bond acceptors (Lipinski definition) is 20. The molecule has 3 rings (SSSR count). The smallest absolute Gasteiger partial charge is 0.480 e. The zero-order valence-corrected chi connectivity index (χ0v) is 37.0. The van der Waals surface area contributed by atoms with Crippen LogP contribution in [0.1, 0.15) is 52.7 Å². The van der Waals surface area contributed by atoms with Crippen LogP contribution in [-0.2, 0) is 55.5 Å². The molecule has 352 valence electrons. The molecule has 0 aliphatic carbocycles. The van der Waals surface area contributed by atoms with Crippen LogP contribution < -0.4 is 27.4 Å². The summed E-state index contributed by atoms with van der Waals surface area (Å²) >= 11 is 1.28. The van der Waals surface area contributed by atoms with E-state index in [-0.39, 0.29) is 42.4 Å². The van der Waals surface area contributed by atoms with Crippen molar-refractivity contribution in [3.05, 3.63) is 12.7 Å². The first-order valence-corrected chi connectivity index (χ1v) is 24.1. The number of nitrogen functional groups attached to an aromatic ring is 1. The molecular formula is C30H52N9O19P3S. The normalized spacial score (nSPS) is 21.6. The number of phosphoric ester groups is 3. The number of imidazole rings is 1. The van der Waals surface area contributed by atoms with Gasteiger partial charge in [-0.05, 0) is 26.2 Å². The number of rotatable bonds is 27. The van der Waals surface area contributed by atoms with Crippen molar-refractivity contribution < 1.29 is 90.4 Å². The number of carbonyl (C=O) groups excluding carboxylic acids is 3. The Morgan fingerprint density at radius 1 is 0.984 bits per heavy atom. The first kappa shape index (κ1) is 53.1. The zero-order chi connectivity index (χ0) is 46.6. The molecule has 2 unspecified atom stereocenters. The predicted octanol–water partition coefficient (Wildman–Crippen LogP) is -1.77. The lowest BCUT2D eigenvalue weighted by atomic mass is 9.87. The minimum absolute atomic E-state index is 0.0210. The number of nitrogens with two attached hydrogens (primary N) is 2. The predicted molar refractivity (Wildman–Crippen MR) is 214 cm³/mol. The van der Waals surface area contributed by atoms with Gasteiger partial charge < -0.3 is 67.0 Å². The number of hydrogen-bond donors (Lipinski definition) is 12. The number of aliphatic hydroxyl groups is 2. The summed E-state index contributed by atoms with van der Waals surface area (Å²) in [6.07, 6.45) is -5.65. The quantitative estimate of drug-likeness (QED) is 0.0348. The molecule has 0 bridgehead atoms. The largest absolute Gasteiger partial charge is 0.481 e. The van der Waals surface area contributed by atoms with Gasteiger partial charge in [0.2, 0.25) is 17.7 Å². The highest BCUT2D eigenvalue weighted by molar-refractivity contribution is 8.00. The SMILES string of the molecule is C[C@H](SCCNC(=O)CCNC(=O)[C@H](O)C(C)(C)COP(=O)(O)OP(=O)(O)OC[C@H]1O[C@@H](n2cnc3c(N)ncnc32)[C@H](O)[C@@H]1OP(=O)(O)O)C(=O)NCCCC[C@H](N)C(=O)O. The molecule has 3 heterocycles. The number of aliphatic carboxylic acids is 1. The van der Waals surface area contributed by atoms with Crippen LogP contribution in [0.25, 0.3) is 11.2 Å². The van der Waals surface area contributed by atoms with Crippen LogP contribution in [-0.4, -0.2) is 152 Å². The standard InChI is InChI=1S/C30H52N9O19P3S/c1-16(26(43)34-8-5-4-6-17(31)29(45)46)62-11-10-33-19(40)7-9-35-27(44)23(42)30(2,3)13-55-61(52,53)58-60(50,51)54-12-18-22(57-59(47,48)49)21(41)28(56-18)39-15-38-20-24(32)36-14-37-25(20)39/h14-18,21-23,28,41-42H,4-13,31H2,1-3H3,(H,33,40)(H,34,43)(H,35,44)(H,45,46)(H,50,51)(H,52,53)(H2,32,36,37)(H2,47,48,49)/t16-,17-,18+,21+,22+,23-,28+/m0/s1. The van der Waals surface area contributed by atoms with E-state index >= 15 is 0 Å². The molecule has 9 atom stereocenters. The number of aliphatic hydroxyl groups excluding tert-OH is 2. The number of phosphoric acid groups is 3. The summed E-state index contributed by atoms with van der Waals surface area (Å²) in [6, 6.07) is -0.950. The molecule has 0 radical (unpaired) electrons. The second-order valence-corrected chi connectivity index (χ2v) is 20.0. The van der Waals surface area contributed by atoms with Crippen molar-refractivity contribution in [1.29, 1.82) is 0 Å². The summed E-state index contributed by atoms with van der Waals surface area (Å²) < 4.78 is 62.2. The van der Waals surface area contributed by atoms with Crippen LogP contribution >= 0.6 is 35.2 Å². The highest BCUT2D eigenvalue weighted by Gasteiger charge is 2.50. The van der Waals surface area contributed by atoms with Crippen LogP contribution in [0, 0.1) is 5.41 Å². The molecule has 1 saturated heterocycles. The first-order valence-electron chi connectivity index (χ1n) is 18.5. The summed E-state index contributed by atoms with van der Waals surface area (Å²) in [5.41, 5.74) is 9.66. The van der Waals surface area contributed by atoms with Gasteiger partial charge in [-0.2, -0.15) is 4.31 Å². The Bertz CT molecular complexity index is 2010. The number of unbranched alkanes of at least 4 members (excludes halogenated alkanes) is 1. The Kier molecular flexibility index (Phi) is 19.8. The molecule has 0 spiro atoms. The molecule has 62 heavy (non-hydrogen) atoms. The Labute approximate surface area is 357 Å². The van der Waals surface area contributed by atoms with Crippen molar-refractivity contribution in [3.63, 3.8) is 0 Å². The molecular weight excluding hydrogens is 915 g/mol. The van der Waals surface area contributed by atoms with Gasteiger partial charge in [0.1, 0.15) is 42.3 Å². The van der Waals surface area contributed by atoms with Crippen molar-refractivity contribution in [3.8, 4) is 0 Å². The number of amides is 3. The van der Waals surface area contributed by atoms with Crippen LogP contribution in [0.2, 0.25) is 0 Å². The molecule has 0 saturated carbocycles. The Hall–Kier alpha value is -3.21. The highest BCUT2D eigenvalue weighted by Crippen LogP contribution is 2.61. The second kappa shape index (κ2) is 23.1. The number of anilines is 1. The summed E-state index contributed by atoms with van der Waals surface area (Å²) in [5, 5.41) is 37.6. The van der Waals surface area contributed by atoms with E-state index in [9.17, 15) is 62.7 Å². The molecule has 32 heteroatoms. The lowest BCUT2D eigenvalue weighted by molar-refractivity contribution is -0.139. The van der Waals surface area contributed by atoms with E-state index in [0.29, 0.717) is 31.6 Å². The number of aromatic nitrogens is 4. The van der Waals surface area contributed by atoms with Gasteiger partial charge >= 0.3 is 29.4 Å². The topological polar surface area (TPSA) is 439 Å². The maximum Gasteiger partial charge on any atom is 0.481 e. The molecule has 28 nitrogen and oxygen atoms in total. The summed E-state index contributed by atoms with van der Waals surface area (Å²) in [7, 11) is -16.5. The number of nitrogens with one attached hydrogen (secondary N) is 3. The number of carboxylic acids is 1. The van der Waals surface area contributed by atoms with Crippen LogP contribution in [0.3, 0.4) is 0 Å². The number of carboxylic acid groups (broad SMARTS) is 1. The van der Waals surface area contributed by atoms with E-state index in [1.807, 2.05) is 0 Å². The van der Waals surface area contributed by atoms with E-state index < -0.39 is 102 Å². The lowest BCUT2D eigenvalue weighted by Crippen LogP contribution is -2.46. The second-order valence-electron chi connectivity index (χ2n) is 14.3. The van der Waals surface area contributed by atoms with E-state index in [1.54, 1.807) is 6.92 Å². The summed E-state index contributed by atoms with van der Waals surface area (Å²) in [6.45, 7) is 2.44. The Balaban J connectivity index is 1.40. The van der Waals surface area contributed by atoms with Crippen molar-refractivity contribution in [2.45, 2.75) is 88.4 Å². The minimum Gasteiger partial charge on any atom is -0.480 e. The van der Waals surface area contributed by atoms with Gasteiger partial charge in [-0.15, -0.1) is 11.8 Å². The summed E-state index contributed by atoms with van der Waals surface area (Å²) in [4.78, 5) is 98.9. The molecule has 1 fully saturated rings. The molecule has 1 aliphatic rings. The highest BCUT2D eigenvalue weighted by atomic mass is 32.2. The van der Waals surface area contributed by atoms with Gasteiger partial charge in [-0.1, -0.05) is 13.8 Å². The van der Waals surface area contributed by atoms with Gasteiger partial charge in [0, 0.05) is 37.2 Å². The third-order valence-electron chi connectivity index (χ3n) is 8.80. The maximum absolute atomic E-state index is 12.7. The number of thioether (sulfide) groups is 1. The van der Waals surface area contributed by atoms with E-state index in [4.69, 9.17) is 30.4 Å². The fraction of sp³-hybridized carbons (Fsp3) is 0.700. The molecule has 2 aromatic heterocycles. The number of ether oxygens (including phenoxy) is 1. The van der Waals surface area contributed by atoms with Gasteiger partial charge in [-0.25, -0.2) is 28.6 Å².